The highest BCUT2D eigenvalue weighted by Gasteiger charge is 2.10. The molecule has 114 valence electrons. The highest BCUT2D eigenvalue weighted by molar-refractivity contribution is 7.09. The molecule has 0 radical (unpaired) electrons. The second-order valence-corrected chi connectivity index (χ2v) is 6.12. The fraction of sp³-hybridized carbons (Fsp3) is 0.412. The normalized spacial score (nSPS) is 11.2. The third-order valence-corrected chi connectivity index (χ3v) is 4.35. The standard InChI is InChI=1S/C17H23FN2S/c1-3-19-11-14-7-8-17(18)15(10-14)12-20(4-2)13-16-6-5-9-21-16/h5-10,19H,3-4,11-13H2,1-2H3. The molecule has 2 rings (SSSR count). The minimum Gasteiger partial charge on any atom is -0.313 e. The molecule has 0 fully saturated rings. The summed E-state index contributed by atoms with van der Waals surface area (Å²) in [4.78, 5) is 3.59. The van der Waals surface area contributed by atoms with Crippen LogP contribution in [0.15, 0.2) is 35.7 Å². The van der Waals surface area contributed by atoms with Gasteiger partial charge >= 0.3 is 0 Å². The van der Waals surface area contributed by atoms with E-state index in [9.17, 15) is 4.39 Å². The van der Waals surface area contributed by atoms with Gasteiger partial charge in [0.2, 0.25) is 0 Å². The van der Waals surface area contributed by atoms with Crippen LogP contribution < -0.4 is 5.32 Å². The number of benzene rings is 1. The molecule has 2 aromatic rings. The Morgan fingerprint density at radius 1 is 1.19 bits per heavy atom. The van der Waals surface area contributed by atoms with Crippen LogP contribution in [0, 0.1) is 5.82 Å². The molecule has 2 nitrogen and oxygen atoms in total. The molecule has 0 bridgehead atoms. The fourth-order valence-corrected chi connectivity index (χ4v) is 3.02. The lowest BCUT2D eigenvalue weighted by atomic mass is 10.1. The fourth-order valence-electron chi connectivity index (χ4n) is 2.27. The predicted octanol–water partition coefficient (Wildman–Crippen LogP) is 4.02. The van der Waals surface area contributed by atoms with Crippen LogP contribution in [0.25, 0.3) is 0 Å². The zero-order valence-electron chi connectivity index (χ0n) is 12.7. The highest BCUT2D eigenvalue weighted by Crippen LogP contribution is 2.17. The number of thiophene rings is 1. The number of halogens is 1. The first-order chi connectivity index (χ1) is 10.2. The maximum absolute atomic E-state index is 14.0. The van der Waals surface area contributed by atoms with Gasteiger partial charge in [0, 0.05) is 30.1 Å². The van der Waals surface area contributed by atoms with Crippen molar-refractivity contribution in [3.8, 4) is 0 Å². The van der Waals surface area contributed by atoms with Gasteiger partial charge in [-0.05, 0) is 36.2 Å². The minimum atomic E-state index is -0.111. The summed E-state index contributed by atoms with van der Waals surface area (Å²) < 4.78 is 14.0. The van der Waals surface area contributed by atoms with Gasteiger partial charge in [-0.1, -0.05) is 32.0 Å². The molecule has 1 aromatic heterocycles. The van der Waals surface area contributed by atoms with Crippen LogP contribution in [0.3, 0.4) is 0 Å². The van der Waals surface area contributed by atoms with Gasteiger partial charge in [-0.2, -0.15) is 0 Å². The Hall–Kier alpha value is -1.23. The van der Waals surface area contributed by atoms with Crippen molar-refractivity contribution in [3.63, 3.8) is 0 Å². The van der Waals surface area contributed by atoms with E-state index in [4.69, 9.17) is 0 Å². The maximum Gasteiger partial charge on any atom is 0.127 e. The summed E-state index contributed by atoms with van der Waals surface area (Å²) in [7, 11) is 0. The van der Waals surface area contributed by atoms with E-state index in [1.807, 2.05) is 12.1 Å². The van der Waals surface area contributed by atoms with Crippen LogP contribution >= 0.6 is 11.3 Å². The molecule has 0 spiro atoms. The molecule has 0 saturated carbocycles. The number of nitrogens with one attached hydrogen (secondary N) is 1. The van der Waals surface area contributed by atoms with Crippen LogP contribution in [0.2, 0.25) is 0 Å². The zero-order chi connectivity index (χ0) is 15.1. The quantitative estimate of drug-likeness (QED) is 0.792. The van der Waals surface area contributed by atoms with Crippen molar-refractivity contribution in [1.29, 1.82) is 0 Å². The molecule has 1 aromatic carbocycles. The summed E-state index contributed by atoms with van der Waals surface area (Å²) in [5.41, 5.74) is 1.92. The second kappa shape index (κ2) is 8.27. The van der Waals surface area contributed by atoms with Crippen LogP contribution in [0.1, 0.15) is 29.9 Å². The Morgan fingerprint density at radius 3 is 2.71 bits per heavy atom. The first-order valence-corrected chi connectivity index (χ1v) is 8.33. The summed E-state index contributed by atoms with van der Waals surface area (Å²) in [5.74, 6) is -0.111. The summed E-state index contributed by atoms with van der Waals surface area (Å²) in [6.45, 7) is 8.35. The van der Waals surface area contributed by atoms with Gasteiger partial charge in [0.1, 0.15) is 5.82 Å². The van der Waals surface area contributed by atoms with E-state index in [1.54, 1.807) is 17.4 Å². The first kappa shape index (κ1) is 16.1. The maximum atomic E-state index is 14.0. The van der Waals surface area contributed by atoms with Crippen molar-refractivity contribution in [3.05, 3.63) is 57.5 Å². The van der Waals surface area contributed by atoms with E-state index in [-0.39, 0.29) is 5.82 Å². The SMILES string of the molecule is CCNCc1ccc(F)c(CN(CC)Cc2cccs2)c1. The number of hydrogen-bond donors (Lipinski definition) is 1. The van der Waals surface area contributed by atoms with E-state index >= 15 is 0 Å². The average molecular weight is 306 g/mol. The summed E-state index contributed by atoms with van der Waals surface area (Å²) in [5, 5.41) is 5.36. The molecule has 0 aliphatic heterocycles. The van der Waals surface area contributed by atoms with Crippen molar-refractivity contribution >= 4 is 11.3 Å². The third kappa shape index (κ3) is 4.92. The third-order valence-electron chi connectivity index (χ3n) is 3.49. The van der Waals surface area contributed by atoms with E-state index in [0.717, 1.165) is 37.3 Å². The van der Waals surface area contributed by atoms with Gasteiger partial charge in [-0.3, -0.25) is 4.90 Å². The molecule has 4 heteroatoms. The molecule has 0 aliphatic carbocycles. The molecule has 0 saturated heterocycles. The average Bonchev–Trinajstić information content (AvgIpc) is 3.00. The van der Waals surface area contributed by atoms with Crippen molar-refractivity contribution in [2.45, 2.75) is 33.5 Å². The van der Waals surface area contributed by atoms with Gasteiger partial charge in [-0.15, -0.1) is 11.3 Å². The van der Waals surface area contributed by atoms with Crippen molar-refractivity contribution in [2.75, 3.05) is 13.1 Å². The largest absolute Gasteiger partial charge is 0.313 e. The first-order valence-electron chi connectivity index (χ1n) is 7.45. The molecule has 21 heavy (non-hydrogen) atoms. The van der Waals surface area contributed by atoms with E-state index in [0.29, 0.717) is 6.54 Å². The molecule has 0 unspecified atom stereocenters. The van der Waals surface area contributed by atoms with E-state index in [2.05, 4.69) is 41.6 Å². The minimum absolute atomic E-state index is 0.111. The Balaban J connectivity index is 2.05. The van der Waals surface area contributed by atoms with Gasteiger partial charge in [-0.25, -0.2) is 4.39 Å². The van der Waals surface area contributed by atoms with Gasteiger partial charge in [0.15, 0.2) is 0 Å². The van der Waals surface area contributed by atoms with Crippen LogP contribution in [0.5, 0.6) is 0 Å². The Labute approximate surface area is 130 Å². The number of hydrogen-bond acceptors (Lipinski definition) is 3. The topological polar surface area (TPSA) is 15.3 Å². The van der Waals surface area contributed by atoms with Crippen LogP contribution in [0.4, 0.5) is 4.39 Å². The molecule has 0 aliphatic rings. The molecular formula is C17H23FN2S. The molecule has 1 N–H and O–H groups in total. The molecule has 0 atom stereocenters. The lowest BCUT2D eigenvalue weighted by molar-refractivity contribution is 0.269. The van der Waals surface area contributed by atoms with Crippen molar-refractivity contribution < 1.29 is 4.39 Å². The Bertz CT molecular complexity index is 540. The lowest BCUT2D eigenvalue weighted by Crippen LogP contribution is -2.22. The molecular weight excluding hydrogens is 283 g/mol. The van der Waals surface area contributed by atoms with E-state index < -0.39 is 0 Å². The Kier molecular flexibility index (Phi) is 6.36. The van der Waals surface area contributed by atoms with Crippen molar-refractivity contribution in [2.24, 2.45) is 0 Å². The lowest BCUT2D eigenvalue weighted by Gasteiger charge is -2.20. The summed E-state index contributed by atoms with van der Waals surface area (Å²) in [6, 6.07) is 9.61. The van der Waals surface area contributed by atoms with E-state index in [1.165, 1.54) is 4.88 Å². The summed E-state index contributed by atoms with van der Waals surface area (Å²) >= 11 is 1.75. The monoisotopic (exact) mass is 306 g/mol. The number of rotatable bonds is 8. The van der Waals surface area contributed by atoms with Gasteiger partial charge in [0.25, 0.3) is 0 Å². The zero-order valence-corrected chi connectivity index (χ0v) is 13.5. The molecule has 1 heterocycles. The molecule has 0 amide bonds. The predicted molar refractivity (Wildman–Crippen MR) is 87.9 cm³/mol. The van der Waals surface area contributed by atoms with Crippen LogP contribution in [-0.4, -0.2) is 18.0 Å². The summed E-state index contributed by atoms with van der Waals surface area (Å²) in [6.07, 6.45) is 0. The number of nitrogens with zero attached hydrogens (tertiary/aromatic N) is 1. The highest BCUT2D eigenvalue weighted by atomic mass is 32.1. The Morgan fingerprint density at radius 2 is 2.05 bits per heavy atom. The van der Waals surface area contributed by atoms with Crippen molar-refractivity contribution in [1.82, 2.24) is 10.2 Å². The van der Waals surface area contributed by atoms with Crippen LogP contribution in [-0.2, 0) is 19.6 Å². The second-order valence-electron chi connectivity index (χ2n) is 5.09. The van der Waals surface area contributed by atoms with Gasteiger partial charge in [0.05, 0.1) is 0 Å². The van der Waals surface area contributed by atoms with Gasteiger partial charge < -0.3 is 5.32 Å². The smallest absolute Gasteiger partial charge is 0.127 e.